The van der Waals surface area contributed by atoms with Crippen molar-refractivity contribution in [3.8, 4) is 6.07 Å². The van der Waals surface area contributed by atoms with E-state index in [0.29, 0.717) is 12.8 Å². The molecule has 2 amide bonds. The summed E-state index contributed by atoms with van der Waals surface area (Å²) in [6, 6.07) is 9.79. The van der Waals surface area contributed by atoms with Gasteiger partial charge in [-0.25, -0.2) is 0 Å². The Morgan fingerprint density at radius 2 is 1.97 bits per heavy atom. The first-order chi connectivity index (χ1) is 13.8. The first-order valence-corrected chi connectivity index (χ1v) is 12.0. The number of para-hydroxylation sites is 1. The Labute approximate surface area is 183 Å². The van der Waals surface area contributed by atoms with Crippen molar-refractivity contribution in [1.29, 1.82) is 5.26 Å². The van der Waals surface area contributed by atoms with Crippen LogP contribution in [0.1, 0.15) is 44.7 Å². The average Bonchev–Trinajstić information content (AvgIpc) is 3.06. The van der Waals surface area contributed by atoms with Crippen LogP contribution >= 0.6 is 34.4 Å². The monoisotopic (exact) mass is 446 g/mol. The minimum Gasteiger partial charge on any atom is -0.319 e. The third-order valence-corrected chi connectivity index (χ3v) is 10.1. The van der Waals surface area contributed by atoms with E-state index in [4.69, 9.17) is 0 Å². The number of amides is 2. The second-order valence-corrected chi connectivity index (χ2v) is 10.7. The number of hydrogen-bond acceptors (Lipinski definition) is 6. The van der Waals surface area contributed by atoms with Gasteiger partial charge in [-0.05, 0) is 19.4 Å². The Hall–Kier alpha value is -1.76. The molecule has 152 valence electrons. The van der Waals surface area contributed by atoms with Gasteiger partial charge in [0, 0.05) is 37.0 Å². The van der Waals surface area contributed by atoms with Crippen molar-refractivity contribution in [1.82, 2.24) is 13.8 Å². The summed E-state index contributed by atoms with van der Waals surface area (Å²) >= 11 is 4.56. The fraction of sp³-hybridized carbons (Fsp3) is 0.450. The van der Waals surface area contributed by atoms with Gasteiger partial charge >= 0.3 is 0 Å². The molecule has 0 aliphatic carbocycles. The molecule has 2 unspecified atom stereocenters. The first kappa shape index (κ1) is 20.5. The maximum absolute atomic E-state index is 13.7. The maximum atomic E-state index is 13.7. The molecule has 1 aromatic carbocycles. The van der Waals surface area contributed by atoms with Gasteiger partial charge in [0.05, 0.1) is 17.6 Å². The maximum Gasteiger partial charge on any atom is 0.261 e. The summed E-state index contributed by atoms with van der Waals surface area (Å²) in [5.74, 6) is -0.184. The minimum atomic E-state index is -1.08. The molecule has 9 heteroatoms. The number of carbonyl (C=O) groups is 2. The molecule has 6 nitrogen and oxygen atoms in total. The molecular weight excluding hydrogens is 424 g/mol. The lowest BCUT2D eigenvalue weighted by Gasteiger charge is -2.60. The Morgan fingerprint density at radius 3 is 2.66 bits per heavy atom. The number of aromatic nitrogens is 1. The molecule has 0 spiro atoms. The Kier molecular flexibility index (Phi) is 5.08. The lowest BCUT2D eigenvalue weighted by atomic mass is 9.93. The minimum absolute atomic E-state index is 0.0795. The van der Waals surface area contributed by atoms with E-state index in [1.807, 2.05) is 37.4 Å². The standard InChI is InChI=1S/C20H22N4O2S3/c1-4-15(14-12-23(27)16-9-6-5-8-13(14)16)24-17(25)19(2)22(3)18(26)20(24,29-28-19)10-7-11-21/h5-6,8-9,12,15,27H,4,7,10H2,1-3H3/t15-,19?,20?/m1/s1. The van der Waals surface area contributed by atoms with Gasteiger partial charge in [-0.1, -0.05) is 59.5 Å². The molecule has 3 aliphatic rings. The second-order valence-electron chi connectivity index (χ2n) is 7.50. The summed E-state index contributed by atoms with van der Waals surface area (Å²) in [5.41, 5.74) is 1.93. The van der Waals surface area contributed by atoms with Crippen LogP contribution in [-0.4, -0.2) is 42.4 Å². The van der Waals surface area contributed by atoms with Gasteiger partial charge in [0.15, 0.2) is 9.74 Å². The molecule has 0 radical (unpaired) electrons. The highest BCUT2D eigenvalue weighted by atomic mass is 33.1. The number of benzene rings is 1. The molecule has 1 aromatic heterocycles. The van der Waals surface area contributed by atoms with Gasteiger partial charge in [-0.3, -0.25) is 13.6 Å². The van der Waals surface area contributed by atoms with Crippen LogP contribution in [0, 0.1) is 11.3 Å². The van der Waals surface area contributed by atoms with Crippen molar-refractivity contribution in [3.05, 3.63) is 36.0 Å². The van der Waals surface area contributed by atoms with Crippen molar-refractivity contribution < 1.29 is 9.59 Å². The number of nitrogens with zero attached hydrogens (tertiary/aromatic N) is 4. The summed E-state index contributed by atoms with van der Waals surface area (Å²) in [4.78, 5) is 28.5. The van der Waals surface area contributed by atoms with Gasteiger partial charge in [-0.2, -0.15) is 5.26 Å². The van der Waals surface area contributed by atoms with E-state index >= 15 is 0 Å². The molecule has 0 N–H and O–H groups in total. The molecular formula is C20H22N4O2S3. The lowest BCUT2D eigenvalue weighted by Crippen LogP contribution is -2.75. The molecule has 0 saturated carbocycles. The van der Waals surface area contributed by atoms with Crippen molar-refractivity contribution in [2.24, 2.45) is 0 Å². The van der Waals surface area contributed by atoms with E-state index in [0.717, 1.165) is 16.5 Å². The zero-order valence-corrected chi connectivity index (χ0v) is 19.0. The molecule has 2 bridgehead atoms. The summed E-state index contributed by atoms with van der Waals surface area (Å²) < 4.78 is 1.76. The number of carbonyl (C=O) groups excluding carboxylic acids is 2. The highest BCUT2D eigenvalue weighted by molar-refractivity contribution is 8.78. The van der Waals surface area contributed by atoms with Crippen LogP contribution in [0.5, 0.6) is 0 Å². The smallest absolute Gasteiger partial charge is 0.261 e. The van der Waals surface area contributed by atoms with Crippen molar-refractivity contribution >= 4 is 57.1 Å². The predicted molar refractivity (Wildman–Crippen MR) is 120 cm³/mol. The molecule has 3 aliphatic heterocycles. The largest absolute Gasteiger partial charge is 0.319 e. The zero-order valence-electron chi connectivity index (χ0n) is 16.5. The van der Waals surface area contributed by atoms with Gasteiger partial charge in [-0.15, -0.1) is 0 Å². The van der Waals surface area contributed by atoms with Crippen LogP contribution in [0.4, 0.5) is 0 Å². The van der Waals surface area contributed by atoms with Crippen LogP contribution in [0.3, 0.4) is 0 Å². The van der Waals surface area contributed by atoms with Crippen LogP contribution in [0.2, 0.25) is 0 Å². The molecule has 3 saturated heterocycles. The van der Waals surface area contributed by atoms with Crippen LogP contribution in [-0.2, 0) is 9.59 Å². The third-order valence-electron chi connectivity index (χ3n) is 5.98. The summed E-state index contributed by atoms with van der Waals surface area (Å²) in [7, 11) is 4.53. The van der Waals surface area contributed by atoms with Gasteiger partial charge < -0.3 is 9.80 Å². The number of hydrogen-bond donors (Lipinski definition) is 1. The number of piperazine rings is 1. The average molecular weight is 447 g/mol. The van der Waals surface area contributed by atoms with E-state index in [-0.39, 0.29) is 24.3 Å². The van der Waals surface area contributed by atoms with E-state index in [2.05, 4.69) is 18.9 Å². The Bertz CT molecular complexity index is 1050. The Morgan fingerprint density at radius 1 is 1.24 bits per heavy atom. The molecule has 2 aromatic rings. The highest BCUT2D eigenvalue weighted by Gasteiger charge is 2.67. The van der Waals surface area contributed by atoms with Crippen LogP contribution < -0.4 is 0 Å². The molecule has 3 atom stereocenters. The number of likely N-dealkylation sites (N-methyl/N-ethyl adjacent to an activating group) is 1. The quantitative estimate of drug-likeness (QED) is 0.551. The second kappa shape index (κ2) is 7.18. The summed E-state index contributed by atoms with van der Waals surface area (Å²) in [5, 5.41) is 10.2. The SMILES string of the molecule is CC[C@H](c1cn(S)c2ccccc12)N1C(=O)C2(C)SSC1(CCC#N)C(=O)N2C. The number of nitriles is 1. The number of fused-ring (bicyclic) bond motifs is 4. The normalized spacial score (nSPS) is 27.6. The van der Waals surface area contributed by atoms with E-state index < -0.39 is 9.74 Å². The summed E-state index contributed by atoms with van der Waals surface area (Å²) in [6.07, 6.45) is 3.10. The fourth-order valence-corrected chi connectivity index (χ4v) is 8.09. The molecule has 4 heterocycles. The van der Waals surface area contributed by atoms with Gasteiger partial charge in [0.1, 0.15) is 0 Å². The third kappa shape index (κ3) is 2.72. The van der Waals surface area contributed by atoms with Crippen LogP contribution in [0.25, 0.3) is 10.9 Å². The topological polar surface area (TPSA) is 69.3 Å². The van der Waals surface area contributed by atoms with Crippen molar-refractivity contribution in [2.75, 3.05) is 7.05 Å². The van der Waals surface area contributed by atoms with E-state index in [9.17, 15) is 14.9 Å². The van der Waals surface area contributed by atoms with Gasteiger partial charge in [0.25, 0.3) is 11.8 Å². The molecule has 3 fully saturated rings. The number of rotatable bonds is 5. The number of thiol groups is 1. The van der Waals surface area contributed by atoms with E-state index in [1.54, 1.807) is 27.7 Å². The highest BCUT2D eigenvalue weighted by Crippen LogP contribution is 2.62. The lowest BCUT2D eigenvalue weighted by molar-refractivity contribution is -0.168. The Balaban J connectivity index is 1.90. The zero-order chi connectivity index (χ0) is 21.0. The summed E-state index contributed by atoms with van der Waals surface area (Å²) in [6.45, 7) is 3.83. The molecule has 5 rings (SSSR count). The fourth-order valence-electron chi connectivity index (χ4n) is 4.29. The van der Waals surface area contributed by atoms with Crippen LogP contribution in [0.15, 0.2) is 30.5 Å². The van der Waals surface area contributed by atoms with E-state index in [1.165, 1.54) is 21.6 Å². The first-order valence-electron chi connectivity index (χ1n) is 9.47. The predicted octanol–water partition coefficient (Wildman–Crippen LogP) is 4.20. The van der Waals surface area contributed by atoms with Gasteiger partial charge in [0.2, 0.25) is 0 Å². The van der Waals surface area contributed by atoms with Crippen molar-refractivity contribution in [3.63, 3.8) is 0 Å². The van der Waals surface area contributed by atoms with Crippen molar-refractivity contribution in [2.45, 2.75) is 48.9 Å². The molecule has 29 heavy (non-hydrogen) atoms.